The fourth-order valence-electron chi connectivity index (χ4n) is 2.26. The number of aromatic nitrogens is 2. The third-order valence-electron chi connectivity index (χ3n) is 3.38. The molecule has 6 heteroatoms. The Morgan fingerprint density at radius 1 is 1.35 bits per heavy atom. The molecule has 5 nitrogen and oxygen atoms in total. The lowest BCUT2D eigenvalue weighted by molar-refractivity contribution is 0.174. The Morgan fingerprint density at radius 3 is 2.85 bits per heavy atom. The Hall–Kier alpha value is -1.53. The highest BCUT2D eigenvalue weighted by molar-refractivity contribution is 9.10. The SMILES string of the molecule is CNCCc1[nH]nc(-c2cc3c(cc2C)OCO3)c1Br. The van der Waals surface area contributed by atoms with Crippen molar-refractivity contribution in [2.75, 3.05) is 20.4 Å². The molecule has 0 bridgehead atoms. The minimum absolute atomic E-state index is 0.285. The van der Waals surface area contributed by atoms with Gasteiger partial charge in [-0.1, -0.05) is 0 Å². The first-order valence-corrected chi connectivity index (χ1v) is 7.28. The number of halogens is 1. The molecule has 20 heavy (non-hydrogen) atoms. The lowest BCUT2D eigenvalue weighted by Crippen LogP contribution is -2.10. The van der Waals surface area contributed by atoms with Gasteiger partial charge in [-0.2, -0.15) is 5.10 Å². The van der Waals surface area contributed by atoms with Crippen molar-refractivity contribution in [2.24, 2.45) is 0 Å². The van der Waals surface area contributed by atoms with Gasteiger partial charge in [0.25, 0.3) is 0 Å². The Morgan fingerprint density at radius 2 is 2.10 bits per heavy atom. The molecule has 1 aromatic heterocycles. The third-order valence-corrected chi connectivity index (χ3v) is 4.23. The zero-order chi connectivity index (χ0) is 14.1. The number of nitrogens with zero attached hydrogens (tertiary/aromatic N) is 1. The van der Waals surface area contributed by atoms with Crippen molar-refractivity contribution in [2.45, 2.75) is 13.3 Å². The number of fused-ring (bicyclic) bond motifs is 1. The molecule has 106 valence electrons. The molecule has 0 saturated heterocycles. The summed E-state index contributed by atoms with van der Waals surface area (Å²) in [5, 5.41) is 10.7. The summed E-state index contributed by atoms with van der Waals surface area (Å²) in [5.74, 6) is 1.57. The van der Waals surface area contributed by atoms with Crippen LogP contribution in [0.2, 0.25) is 0 Å². The number of aryl methyl sites for hydroxylation is 1. The van der Waals surface area contributed by atoms with E-state index in [0.717, 1.165) is 51.5 Å². The maximum Gasteiger partial charge on any atom is 0.231 e. The zero-order valence-corrected chi connectivity index (χ0v) is 13.0. The first-order chi connectivity index (χ1) is 9.70. The molecule has 0 unspecified atom stereocenters. The third kappa shape index (κ3) is 2.29. The number of nitrogens with one attached hydrogen (secondary N) is 2. The molecule has 0 aliphatic carbocycles. The van der Waals surface area contributed by atoms with Crippen LogP contribution in [0.1, 0.15) is 11.3 Å². The average molecular weight is 338 g/mol. The van der Waals surface area contributed by atoms with E-state index >= 15 is 0 Å². The highest BCUT2D eigenvalue weighted by Crippen LogP contribution is 2.40. The first-order valence-electron chi connectivity index (χ1n) is 6.48. The van der Waals surface area contributed by atoms with Crippen LogP contribution in [-0.4, -0.2) is 30.6 Å². The van der Waals surface area contributed by atoms with Gasteiger partial charge in [-0.05, 0) is 47.6 Å². The Kier molecular flexibility index (Phi) is 3.67. The van der Waals surface area contributed by atoms with Gasteiger partial charge in [-0.15, -0.1) is 0 Å². The molecule has 2 heterocycles. The van der Waals surface area contributed by atoms with Crippen LogP contribution in [0.25, 0.3) is 11.3 Å². The zero-order valence-electron chi connectivity index (χ0n) is 11.4. The topological polar surface area (TPSA) is 59.2 Å². The molecule has 1 aliphatic heterocycles. The quantitative estimate of drug-likeness (QED) is 0.900. The second-order valence-electron chi connectivity index (χ2n) is 4.74. The molecule has 0 amide bonds. The second kappa shape index (κ2) is 5.46. The van der Waals surface area contributed by atoms with E-state index in [4.69, 9.17) is 9.47 Å². The van der Waals surface area contributed by atoms with Gasteiger partial charge < -0.3 is 14.8 Å². The number of benzene rings is 1. The predicted octanol–water partition coefficient (Wildman–Crippen LogP) is 2.64. The largest absolute Gasteiger partial charge is 0.454 e. The molecule has 0 saturated carbocycles. The van der Waals surface area contributed by atoms with Gasteiger partial charge in [0.15, 0.2) is 11.5 Å². The monoisotopic (exact) mass is 337 g/mol. The van der Waals surface area contributed by atoms with E-state index in [0.29, 0.717) is 0 Å². The fourth-order valence-corrected chi connectivity index (χ4v) is 2.85. The van der Waals surface area contributed by atoms with Crippen molar-refractivity contribution >= 4 is 15.9 Å². The summed E-state index contributed by atoms with van der Waals surface area (Å²) in [4.78, 5) is 0. The number of aromatic amines is 1. The van der Waals surface area contributed by atoms with E-state index in [1.54, 1.807) is 0 Å². The van der Waals surface area contributed by atoms with Gasteiger partial charge >= 0.3 is 0 Å². The molecule has 2 aromatic rings. The van der Waals surface area contributed by atoms with Crippen LogP contribution >= 0.6 is 15.9 Å². The lowest BCUT2D eigenvalue weighted by Gasteiger charge is -2.06. The Bertz CT molecular complexity index is 640. The maximum absolute atomic E-state index is 5.44. The van der Waals surface area contributed by atoms with Gasteiger partial charge in [0.2, 0.25) is 6.79 Å². The van der Waals surface area contributed by atoms with Crippen molar-refractivity contribution in [3.05, 3.63) is 27.9 Å². The number of ether oxygens (including phenoxy) is 2. The molecule has 1 aliphatic rings. The predicted molar refractivity (Wildman–Crippen MR) is 80.2 cm³/mol. The molecule has 1 aromatic carbocycles. The molecule has 0 radical (unpaired) electrons. The van der Waals surface area contributed by atoms with E-state index in [1.807, 2.05) is 26.1 Å². The van der Waals surface area contributed by atoms with E-state index in [-0.39, 0.29) is 6.79 Å². The number of hydrogen-bond acceptors (Lipinski definition) is 4. The van der Waals surface area contributed by atoms with Crippen LogP contribution in [0, 0.1) is 6.92 Å². The van der Waals surface area contributed by atoms with Gasteiger partial charge in [-0.25, -0.2) is 0 Å². The van der Waals surface area contributed by atoms with Crippen LogP contribution in [0.4, 0.5) is 0 Å². The highest BCUT2D eigenvalue weighted by Gasteiger charge is 2.20. The highest BCUT2D eigenvalue weighted by atomic mass is 79.9. The second-order valence-corrected chi connectivity index (χ2v) is 5.53. The fraction of sp³-hybridized carbons (Fsp3) is 0.357. The average Bonchev–Trinajstić information content (AvgIpc) is 3.02. The van der Waals surface area contributed by atoms with E-state index in [1.165, 1.54) is 0 Å². The summed E-state index contributed by atoms with van der Waals surface area (Å²) in [7, 11) is 1.94. The molecule has 0 spiro atoms. The first kappa shape index (κ1) is 13.5. The van der Waals surface area contributed by atoms with Crippen LogP contribution in [0.5, 0.6) is 11.5 Å². The molecule has 3 rings (SSSR count). The van der Waals surface area contributed by atoms with Crippen molar-refractivity contribution in [3.8, 4) is 22.8 Å². The summed E-state index contributed by atoms with van der Waals surface area (Å²) in [6.45, 7) is 3.24. The number of H-pyrrole nitrogens is 1. The number of rotatable bonds is 4. The Balaban J connectivity index is 1.99. The normalized spacial score (nSPS) is 12.9. The van der Waals surface area contributed by atoms with Crippen LogP contribution in [0.15, 0.2) is 16.6 Å². The maximum atomic E-state index is 5.44. The van der Waals surface area contributed by atoms with Crippen molar-refractivity contribution < 1.29 is 9.47 Å². The lowest BCUT2D eigenvalue weighted by atomic mass is 10.0. The summed E-state index contributed by atoms with van der Waals surface area (Å²) in [5.41, 5.74) is 4.16. The van der Waals surface area contributed by atoms with Gasteiger partial charge in [0.05, 0.1) is 10.2 Å². The van der Waals surface area contributed by atoms with Crippen molar-refractivity contribution in [3.63, 3.8) is 0 Å². The molecule has 0 atom stereocenters. The van der Waals surface area contributed by atoms with Crippen LogP contribution in [-0.2, 0) is 6.42 Å². The van der Waals surface area contributed by atoms with Crippen LogP contribution < -0.4 is 14.8 Å². The summed E-state index contributed by atoms with van der Waals surface area (Å²) in [6, 6.07) is 3.98. The molecule has 2 N–H and O–H groups in total. The van der Waals surface area contributed by atoms with Crippen molar-refractivity contribution in [1.82, 2.24) is 15.5 Å². The molecule has 0 fully saturated rings. The van der Waals surface area contributed by atoms with Gasteiger partial charge in [0.1, 0.15) is 5.69 Å². The standard InChI is InChI=1S/C14H16BrN3O2/c1-8-5-11-12(20-7-19-11)6-9(8)14-13(15)10(17-18-14)3-4-16-2/h5-6,16H,3-4,7H2,1-2H3,(H,17,18). The summed E-state index contributed by atoms with van der Waals surface area (Å²) >= 11 is 3.64. The summed E-state index contributed by atoms with van der Waals surface area (Å²) in [6.07, 6.45) is 0.897. The molecular formula is C14H16BrN3O2. The van der Waals surface area contributed by atoms with Crippen LogP contribution in [0.3, 0.4) is 0 Å². The van der Waals surface area contributed by atoms with E-state index < -0.39 is 0 Å². The van der Waals surface area contributed by atoms with E-state index in [9.17, 15) is 0 Å². The minimum atomic E-state index is 0.285. The molecular weight excluding hydrogens is 322 g/mol. The van der Waals surface area contributed by atoms with E-state index in [2.05, 4.69) is 31.4 Å². The minimum Gasteiger partial charge on any atom is -0.454 e. The smallest absolute Gasteiger partial charge is 0.231 e. The number of hydrogen-bond donors (Lipinski definition) is 2. The van der Waals surface area contributed by atoms with Gasteiger partial charge in [0, 0.05) is 18.5 Å². The van der Waals surface area contributed by atoms with Crippen molar-refractivity contribution in [1.29, 1.82) is 0 Å². The Labute approximate surface area is 125 Å². The summed E-state index contributed by atoms with van der Waals surface area (Å²) < 4.78 is 11.8. The number of likely N-dealkylation sites (N-methyl/N-ethyl adjacent to an activating group) is 1. The van der Waals surface area contributed by atoms with Gasteiger partial charge in [-0.3, -0.25) is 5.10 Å².